The summed E-state index contributed by atoms with van der Waals surface area (Å²) in [7, 11) is 0. The normalized spacial score (nSPS) is 23.8. The summed E-state index contributed by atoms with van der Waals surface area (Å²) in [4.78, 5) is 2.59. The van der Waals surface area contributed by atoms with Crippen molar-refractivity contribution in [1.82, 2.24) is 10.2 Å². The van der Waals surface area contributed by atoms with Gasteiger partial charge in [-0.25, -0.2) is 0 Å². The molecule has 0 amide bonds. The molecule has 0 bridgehead atoms. The van der Waals surface area contributed by atoms with Crippen LogP contribution in [0.15, 0.2) is 24.3 Å². The molecule has 2 rings (SSSR count). The Balaban J connectivity index is 2.12. The van der Waals surface area contributed by atoms with E-state index < -0.39 is 0 Å². The van der Waals surface area contributed by atoms with Crippen molar-refractivity contribution in [3.63, 3.8) is 0 Å². The van der Waals surface area contributed by atoms with E-state index in [2.05, 4.69) is 57.0 Å². The fraction of sp³-hybridized carbons (Fsp3) is 0.647. The van der Waals surface area contributed by atoms with E-state index in [1.165, 1.54) is 5.56 Å². The third kappa shape index (κ3) is 3.75. The van der Waals surface area contributed by atoms with Crippen LogP contribution in [-0.2, 0) is 6.54 Å². The molecule has 1 aliphatic rings. The highest BCUT2D eigenvalue weighted by Gasteiger charge is 2.38. The molecule has 1 aromatic carbocycles. The molecule has 1 aromatic rings. The number of piperazine rings is 1. The van der Waals surface area contributed by atoms with E-state index >= 15 is 0 Å². The van der Waals surface area contributed by atoms with Crippen molar-refractivity contribution in [3.8, 4) is 0 Å². The summed E-state index contributed by atoms with van der Waals surface area (Å²) in [6.45, 7) is 14.7. The maximum atomic E-state index is 5.97. The van der Waals surface area contributed by atoms with Gasteiger partial charge < -0.3 is 5.32 Å². The lowest BCUT2D eigenvalue weighted by Crippen LogP contribution is -2.64. The SMILES string of the molecule is CC(C)(C)C1CN(Cc2ccc(Cl)cc2)C(C)(C)CN1. The molecule has 0 radical (unpaired) electrons. The predicted molar refractivity (Wildman–Crippen MR) is 87.2 cm³/mol. The summed E-state index contributed by atoms with van der Waals surface area (Å²) < 4.78 is 0. The van der Waals surface area contributed by atoms with Crippen LogP contribution in [0.5, 0.6) is 0 Å². The number of rotatable bonds is 2. The van der Waals surface area contributed by atoms with Crippen LogP contribution in [0.4, 0.5) is 0 Å². The van der Waals surface area contributed by atoms with E-state index in [0.717, 1.165) is 24.7 Å². The summed E-state index contributed by atoms with van der Waals surface area (Å²) in [5.41, 5.74) is 1.80. The Labute approximate surface area is 128 Å². The highest BCUT2D eigenvalue weighted by Crippen LogP contribution is 2.28. The molecule has 0 spiro atoms. The average Bonchev–Trinajstić information content (AvgIpc) is 2.33. The van der Waals surface area contributed by atoms with Crippen LogP contribution in [0.3, 0.4) is 0 Å². The van der Waals surface area contributed by atoms with Gasteiger partial charge >= 0.3 is 0 Å². The molecule has 1 atom stereocenters. The second-order valence-corrected chi connectivity index (χ2v) is 8.06. The van der Waals surface area contributed by atoms with Crippen molar-refractivity contribution < 1.29 is 0 Å². The van der Waals surface area contributed by atoms with Crippen LogP contribution in [0, 0.1) is 5.41 Å². The van der Waals surface area contributed by atoms with Gasteiger partial charge in [0.1, 0.15) is 0 Å². The van der Waals surface area contributed by atoms with Crippen molar-refractivity contribution in [1.29, 1.82) is 0 Å². The molecule has 1 heterocycles. The lowest BCUT2D eigenvalue weighted by atomic mass is 9.82. The Morgan fingerprint density at radius 1 is 1.25 bits per heavy atom. The summed E-state index contributed by atoms with van der Waals surface area (Å²) in [6, 6.07) is 8.75. The van der Waals surface area contributed by atoms with Gasteiger partial charge in [-0.15, -0.1) is 0 Å². The maximum Gasteiger partial charge on any atom is 0.0406 e. The lowest BCUT2D eigenvalue weighted by molar-refractivity contribution is 0.0295. The van der Waals surface area contributed by atoms with Gasteiger partial charge in [-0.1, -0.05) is 44.5 Å². The minimum Gasteiger partial charge on any atom is -0.310 e. The first-order valence-electron chi connectivity index (χ1n) is 7.41. The molecule has 0 aromatic heterocycles. The third-order valence-corrected chi connectivity index (χ3v) is 4.62. The van der Waals surface area contributed by atoms with Gasteiger partial charge in [0.15, 0.2) is 0 Å². The summed E-state index contributed by atoms with van der Waals surface area (Å²) in [5, 5.41) is 4.52. The highest BCUT2D eigenvalue weighted by molar-refractivity contribution is 6.30. The largest absolute Gasteiger partial charge is 0.310 e. The molecule has 1 N–H and O–H groups in total. The van der Waals surface area contributed by atoms with E-state index in [9.17, 15) is 0 Å². The molecule has 112 valence electrons. The van der Waals surface area contributed by atoms with E-state index in [1.807, 2.05) is 12.1 Å². The predicted octanol–water partition coefficient (Wildman–Crippen LogP) is 3.94. The smallest absolute Gasteiger partial charge is 0.0406 e. The zero-order chi connectivity index (χ0) is 15.0. The Bertz CT molecular complexity index is 445. The first kappa shape index (κ1) is 15.8. The van der Waals surface area contributed by atoms with E-state index in [0.29, 0.717) is 6.04 Å². The molecule has 0 saturated carbocycles. The Morgan fingerprint density at radius 3 is 2.40 bits per heavy atom. The van der Waals surface area contributed by atoms with Gasteiger partial charge in [0.2, 0.25) is 0 Å². The number of hydrogen-bond acceptors (Lipinski definition) is 2. The molecule has 1 aliphatic heterocycles. The molecule has 1 unspecified atom stereocenters. The average molecular weight is 295 g/mol. The Kier molecular flexibility index (Phi) is 4.48. The van der Waals surface area contributed by atoms with E-state index in [4.69, 9.17) is 11.6 Å². The molecule has 1 fully saturated rings. The number of hydrogen-bond donors (Lipinski definition) is 1. The van der Waals surface area contributed by atoms with Crippen molar-refractivity contribution in [3.05, 3.63) is 34.9 Å². The second kappa shape index (κ2) is 5.67. The number of nitrogens with one attached hydrogen (secondary N) is 1. The number of halogens is 1. The van der Waals surface area contributed by atoms with E-state index in [-0.39, 0.29) is 11.0 Å². The molecular weight excluding hydrogens is 268 g/mol. The summed E-state index contributed by atoms with van der Waals surface area (Å²) in [5.74, 6) is 0. The third-order valence-electron chi connectivity index (χ3n) is 4.37. The Morgan fingerprint density at radius 2 is 1.85 bits per heavy atom. The fourth-order valence-electron chi connectivity index (χ4n) is 2.69. The maximum absolute atomic E-state index is 5.97. The molecule has 2 nitrogen and oxygen atoms in total. The van der Waals surface area contributed by atoms with Crippen LogP contribution in [-0.4, -0.2) is 29.6 Å². The summed E-state index contributed by atoms with van der Waals surface area (Å²) >= 11 is 5.97. The van der Waals surface area contributed by atoms with Crippen LogP contribution in [0.25, 0.3) is 0 Å². The Hall–Kier alpha value is -0.570. The molecular formula is C17H27ClN2. The van der Waals surface area contributed by atoms with Crippen molar-refractivity contribution in [2.24, 2.45) is 5.41 Å². The molecule has 0 aliphatic carbocycles. The van der Waals surface area contributed by atoms with Crippen molar-refractivity contribution in [2.45, 2.75) is 52.7 Å². The van der Waals surface area contributed by atoms with Gasteiger partial charge in [-0.05, 0) is 37.0 Å². The minimum atomic E-state index is 0.182. The van der Waals surface area contributed by atoms with Crippen LogP contribution in [0.1, 0.15) is 40.2 Å². The number of nitrogens with zero attached hydrogens (tertiary/aromatic N) is 1. The van der Waals surface area contributed by atoms with Crippen LogP contribution >= 0.6 is 11.6 Å². The first-order valence-corrected chi connectivity index (χ1v) is 7.79. The minimum absolute atomic E-state index is 0.182. The fourth-order valence-corrected chi connectivity index (χ4v) is 2.81. The second-order valence-electron chi connectivity index (χ2n) is 7.62. The van der Waals surface area contributed by atoms with Gasteiger partial charge in [0, 0.05) is 36.2 Å². The van der Waals surface area contributed by atoms with Crippen molar-refractivity contribution in [2.75, 3.05) is 13.1 Å². The molecule has 20 heavy (non-hydrogen) atoms. The standard InChI is InChI=1S/C17H27ClN2/c1-16(2,3)15-11-20(17(4,5)12-19-15)10-13-6-8-14(18)9-7-13/h6-9,15,19H,10-12H2,1-5H3. The molecule has 1 saturated heterocycles. The number of benzene rings is 1. The van der Waals surface area contributed by atoms with Crippen molar-refractivity contribution >= 4 is 11.6 Å². The summed E-state index contributed by atoms with van der Waals surface area (Å²) in [6.07, 6.45) is 0. The highest BCUT2D eigenvalue weighted by atomic mass is 35.5. The van der Waals surface area contributed by atoms with Crippen LogP contribution in [0.2, 0.25) is 5.02 Å². The molecule has 3 heteroatoms. The topological polar surface area (TPSA) is 15.3 Å². The van der Waals surface area contributed by atoms with E-state index in [1.54, 1.807) is 0 Å². The lowest BCUT2D eigenvalue weighted by Gasteiger charge is -2.49. The van der Waals surface area contributed by atoms with Crippen LogP contribution < -0.4 is 5.32 Å². The zero-order valence-electron chi connectivity index (χ0n) is 13.3. The zero-order valence-corrected chi connectivity index (χ0v) is 14.1. The first-order chi connectivity index (χ1) is 9.18. The monoisotopic (exact) mass is 294 g/mol. The van der Waals surface area contributed by atoms with Gasteiger partial charge in [-0.3, -0.25) is 4.90 Å². The quantitative estimate of drug-likeness (QED) is 0.889. The van der Waals surface area contributed by atoms with Gasteiger partial charge in [0.25, 0.3) is 0 Å². The van der Waals surface area contributed by atoms with Gasteiger partial charge in [-0.2, -0.15) is 0 Å². The van der Waals surface area contributed by atoms with Gasteiger partial charge in [0.05, 0.1) is 0 Å².